The van der Waals surface area contributed by atoms with E-state index < -0.39 is 12.1 Å². The van der Waals surface area contributed by atoms with E-state index in [1.807, 2.05) is 37.3 Å². The Balaban J connectivity index is 1.63. The van der Waals surface area contributed by atoms with Gasteiger partial charge in [-0.2, -0.15) is 0 Å². The van der Waals surface area contributed by atoms with Crippen LogP contribution in [0.4, 0.5) is 0 Å². The summed E-state index contributed by atoms with van der Waals surface area (Å²) < 4.78 is 31.3. The highest BCUT2D eigenvalue weighted by atomic mass is 35.5. The van der Waals surface area contributed by atoms with Gasteiger partial charge in [-0.3, -0.25) is 0 Å². The summed E-state index contributed by atoms with van der Waals surface area (Å²) in [7, 11) is 1.61. The second kappa shape index (κ2) is 14.3. The molecule has 0 aliphatic carbocycles. The molecule has 236 valence electrons. The van der Waals surface area contributed by atoms with Crippen molar-refractivity contribution >= 4 is 51.5 Å². The maximum Gasteiger partial charge on any atom is 0.343 e. The Morgan fingerprint density at radius 2 is 1.19 bits per heavy atom. The van der Waals surface area contributed by atoms with Gasteiger partial charge in [-0.15, -0.1) is 0 Å². The SMILES string of the molecule is COc1ccc(C(C)Oc2c(Oc3ccccc3Cl)c(Oc3ccccc3Cl)c(OC(=O)c3ccccc3)c3ccc(Cl)cc23)cc1. The molecule has 6 rings (SSSR count). The first-order chi connectivity index (χ1) is 22.8. The number of carbonyl (C=O) groups excluding carboxylic acids is 1. The third kappa shape index (κ3) is 7.10. The number of para-hydroxylation sites is 2. The summed E-state index contributed by atoms with van der Waals surface area (Å²) >= 11 is 19.7. The van der Waals surface area contributed by atoms with Crippen LogP contribution in [0.3, 0.4) is 0 Å². The number of ether oxygens (including phenoxy) is 5. The van der Waals surface area contributed by atoms with Crippen molar-refractivity contribution < 1.29 is 28.5 Å². The largest absolute Gasteiger partial charge is 0.497 e. The number of fused-ring (bicyclic) bond motifs is 1. The molecule has 6 aromatic carbocycles. The Bertz CT molecular complexity index is 2050. The van der Waals surface area contributed by atoms with Gasteiger partial charge in [-0.25, -0.2) is 4.79 Å². The maximum absolute atomic E-state index is 13.6. The summed E-state index contributed by atoms with van der Waals surface area (Å²) in [6, 6.07) is 35.2. The van der Waals surface area contributed by atoms with Gasteiger partial charge in [-0.05, 0) is 79.2 Å². The van der Waals surface area contributed by atoms with E-state index in [4.69, 9.17) is 58.5 Å². The highest BCUT2D eigenvalue weighted by molar-refractivity contribution is 6.32. The Kier molecular flexibility index (Phi) is 9.73. The highest BCUT2D eigenvalue weighted by Crippen LogP contribution is 2.56. The monoisotopic (exact) mass is 684 g/mol. The molecule has 1 atom stereocenters. The molecule has 0 fully saturated rings. The molecular formula is C38H27Cl3O6. The molecule has 6 nitrogen and oxygen atoms in total. The topological polar surface area (TPSA) is 63.2 Å². The van der Waals surface area contributed by atoms with Crippen LogP contribution in [-0.4, -0.2) is 13.1 Å². The fourth-order valence-corrected chi connectivity index (χ4v) is 5.40. The molecule has 0 amide bonds. The lowest BCUT2D eigenvalue weighted by Gasteiger charge is -2.24. The predicted molar refractivity (Wildman–Crippen MR) is 185 cm³/mol. The molecule has 9 heteroatoms. The average Bonchev–Trinajstić information content (AvgIpc) is 3.09. The van der Waals surface area contributed by atoms with Crippen LogP contribution < -0.4 is 23.7 Å². The third-order valence-electron chi connectivity index (χ3n) is 7.27. The second-order valence-electron chi connectivity index (χ2n) is 10.4. The summed E-state index contributed by atoms with van der Waals surface area (Å²) in [5, 5.41) is 2.05. The minimum absolute atomic E-state index is 0.0362. The first-order valence-corrected chi connectivity index (χ1v) is 15.7. The van der Waals surface area contributed by atoms with E-state index in [0.717, 1.165) is 5.56 Å². The van der Waals surface area contributed by atoms with E-state index in [2.05, 4.69) is 0 Å². The summed E-state index contributed by atoms with van der Waals surface area (Å²) in [6.07, 6.45) is -0.498. The van der Waals surface area contributed by atoms with Crippen molar-refractivity contribution in [3.63, 3.8) is 0 Å². The normalized spacial score (nSPS) is 11.5. The molecule has 0 heterocycles. The van der Waals surface area contributed by atoms with Gasteiger partial charge in [0, 0.05) is 15.8 Å². The predicted octanol–water partition coefficient (Wildman–Crippen LogP) is 11.8. The van der Waals surface area contributed by atoms with Gasteiger partial charge >= 0.3 is 5.97 Å². The number of carbonyl (C=O) groups is 1. The minimum Gasteiger partial charge on any atom is -0.497 e. The van der Waals surface area contributed by atoms with E-state index in [0.29, 0.717) is 42.9 Å². The van der Waals surface area contributed by atoms with Crippen LogP contribution in [0, 0.1) is 0 Å². The van der Waals surface area contributed by atoms with Crippen molar-refractivity contribution in [2.75, 3.05) is 7.11 Å². The molecule has 0 aliphatic rings. The van der Waals surface area contributed by atoms with E-state index in [1.54, 1.807) is 98.1 Å². The van der Waals surface area contributed by atoms with E-state index in [9.17, 15) is 4.79 Å². The molecule has 1 unspecified atom stereocenters. The van der Waals surface area contributed by atoms with E-state index >= 15 is 0 Å². The zero-order valence-electron chi connectivity index (χ0n) is 25.2. The summed E-state index contributed by atoms with van der Waals surface area (Å²) in [5.74, 6) is 1.15. The van der Waals surface area contributed by atoms with Crippen LogP contribution >= 0.6 is 34.8 Å². The Morgan fingerprint density at radius 3 is 1.79 bits per heavy atom. The molecule has 0 bridgehead atoms. The van der Waals surface area contributed by atoms with Crippen molar-refractivity contribution in [3.05, 3.63) is 148 Å². The molecule has 0 aliphatic heterocycles. The zero-order chi connectivity index (χ0) is 32.9. The summed E-state index contributed by atoms with van der Waals surface area (Å²) in [5.41, 5.74) is 1.19. The first kappa shape index (κ1) is 32.1. The number of hydrogen-bond donors (Lipinski definition) is 0. The van der Waals surface area contributed by atoms with Gasteiger partial charge in [0.05, 0.1) is 22.7 Å². The Morgan fingerprint density at radius 1 is 0.617 bits per heavy atom. The van der Waals surface area contributed by atoms with Crippen molar-refractivity contribution in [2.45, 2.75) is 13.0 Å². The van der Waals surface area contributed by atoms with Crippen LogP contribution in [0.15, 0.2) is 121 Å². The lowest BCUT2D eigenvalue weighted by molar-refractivity contribution is 0.0732. The third-order valence-corrected chi connectivity index (χ3v) is 8.13. The molecule has 0 N–H and O–H groups in total. The molecule has 0 aromatic heterocycles. The molecule has 0 saturated carbocycles. The Hall–Kier alpha value is -4.88. The number of rotatable bonds is 10. The van der Waals surface area contributed by atoms with Gasteiger partial charge in [0.25, 0.3) is 0 Å². The molecule has 0 spiro atoms. The van der Waals surface area contributed by atoms with E-state index in [1.165, 1.54) is 0 Å². The second-order valence-corrected chi connectivity index (χ2v) is 11.6. The van der Waals surface area contributed by atoms with E-state index in [-0.39, 0.29) is 28.7 Å². The average molecular weight is 686 g/mol. The lowest BCUT2D eigenvalue weighted by atomic mass is 10.1. The molecule has 6 aromatic rings. The smallest absolute Gasteiger partial charge is 0.343 e. The van der Waals surface area contributed by atoms with Gasteiger partial charge in [0.2, 0.25) is 11.5 Å². The quantitative estimate of drug-likeness (QED) is 0.106. The molecule has 0 saturated heterocycles. The summed E-state index contributed by atoms with van der Waals surface area (Å²) in [4.78, 5) is 13.6. The van der Waals surface area contributed by atoms with Crippen LogP contribution in [0.2, 0.25) is 15.1 Å². The van der Waals surface area contributed by atoms with Gasteiger partial charge in [0.1, 0.15) is 23.4 Å². The van der Waals surface area contributed by atoms with Crippen molar-refractivity contribution in [1.82, 2.24) is 0 Å². The van der Waals surface area contributed by atoms with Crippen LogP contribution in [0.5, 0.6) is 40.2 Å². The lowest BCUT2D eigenvalue weighted by Crippen LogP contribution is -2.11. The minimum atomic E-state index is -0.616. The van der Waals surface area contributed by atoms with Crippen molar-refractivity contribution in [1.29, 1.82) is 0 Å². The number of hydrogen-bond acceptors (Lipinski definition) is 6. The fraction of sp³-hybridized carbons (Fsp3) is 0.0789. The number of esters is 1. The van der Waals surface area contributed by atoms with Gasteiger partial charge in [-0.1, -0.05) is 89.4 Å². The Labute approximate surface area is 286 Å². The number of methoxy groups -OCH3 is 1. The van der Waals surface area contributed by atoms with Gasteiger partial charge < -0.3 is 23.7 Å². The fourth-order valence-electron chi connectivity index (χ4n) is 4.88. The van der Waals surface area contributed by atoms with Gasteiger partial charge in [0.15, 0.2) is 11.5 Å². The molecule has 0 radical (unpaired) electrons. The standard InChI is InChI=1S/C38H27Cl3O6/c1-23(24-16-19-27(43-2)20-17-24)44-35-29-22-26(39)18-21-28(29)34(47-38(42)25-10-4-3-5-11-25)36(45-32-14-8-6-12-30(32)40)37(35)46-33-15-9-7-13-31(33)41/h3-23H,1-2H3. The number of benzene rings is 6. The molecular weight excluding hydrogens is 659 g/mol. The van der Waals surface area contributed by atoms with Crippen molar-refractivity contribution in [3.8, 4) is 40.2 Å². The van der Waals surface area contributed by atoms with Crippen LogP contribution in [0.25, 0.3) is 10.8 Å². The maximum atomic E-state index is 13.6. The highest BCUT2D eigenvalue weighted by Gasteiger charge is 2.30. The molecule has 47 heavy (non-hydrogen) atoms. The zero-order valence-corrected chi connectivity index (χ0v) is 27.5. The first-order valence-electron chi connectivity index (χ1n) is 14.5. The summed E-state index contributed by atoms with van der Waals surface area (Å²) in [6.45, 7) is 1.90. The number of halogens is 3. The van der Waals surface area contributed by atoms with Crippen molar-refractivity contribution in [2.24, 2.45) is 0 Å². The van der Waals surface area contributed by atoms with Crippen LogP contribution in [-0.2, 0) is 0 Å². The van der Waals surface area contributed by atoms with Crippen LogP contribution in [0.1, 0.15) is 28.9 Å².